The zero-order valence-electron chi connectivity index (χ0n) is 8.71. The fraction of sp³-hybridized carbons (Fsp3) is 0.300. The van der Waals surface area contributed by atoms with Crippen molar-refractivity contribution in [3.63, 3.8) is 0 Å². The van der Waals surface area contributed by atoms with E-state index in [0.29, 0.717) is 6.07 Å². The first-order valence-electron chi connectivity index (χ1n) is 4.51. The number of halogens is 3. The highest BCUT2D eigenvalue weighted by Crippen LogP contribution is 2.26. The summed E-state index contributed by atoms with van der Waals surface area (Å²) in [6.45, 7) is 1.73. The molecule has 0 atom stereocenters. The first-order chi connectivity index (χ1) is 7.93. The molecule has 0 aliphatic carbocycles. The Bertz CT molecular complexity index is 474. The molecule has 0 aliphatic heterocycles. The monoisotopic (exact) mass is 244 g/mol. The van der Waals surface area contributed by atoms with Gasteiger partial charge in [0, 0.05) is 12.0 Å². The van der Waals surface area contributed by atoms with Crippen LogP contribution in [0.1, 0.15) is 18.3 Å². The van der Waals surface area contributed by atoms with Crippen LogP contribution in [0.2, 0.25) is 0 Å². The van der Waals surface area contributed by atoms with Gasteiger partial charge < -0.3 is 4.74 Å². The maximum absolute atomic E-state index is 12.3. The topological polar surface area (TPSA) is 52.1 Å². The molecule has 1 rings (SSSR count). The van der Waals surface area contributed by atoms with Gasteiger partial charge in [-0.25, -0.2) is 14.8 Å². The Morgan fingerprint density at radius 1 is 1.47 bits per heavy atom. The Labute approximate surface area is 94.8 Å². The molecule has 0 unspecified atom stereocenters. The highest BCUT2D eigenvalue weighted by molar-refractivity contribution is 5.88. The maximum atomic E-state index is 12.3. The zero-order chi connectivity index (χ0) is 12.9. The van der Waals surface area contributed by atoms with Crippen molar-refractivity contribution in [1.82, 2.24) is 9.97 Å². The van der Waals surface area contributed by atoms with Crippen LogP contribution in [0.25, 0.3) is 0 Å². The molecule has 1 aromatic rings. The molecule has 0 amide bonds. The predicted octanol–water partition coefficient (Wildman–Crippen LogP) is 1.41. The van der Waals surface area contributed by atoms with E-state index in [9.17, 15) is 18.0 Å². The van der Waals surface area contributed by atoms with Crippen LogP contribution in [0.15, 0.2) is 12.4 Å². The van der Waals surface area contributed by atoms with Crippen LogP contribution in [0.3, 0.4) is 0 Å². The summed E-state index contributed by atoms with van der Waals surface area (Å²) in [7, 11) is 0. The number of carbonyl (C=O) groups excluding carboxylic acids is 1. The van der Waals surface area contributed by atoms with Crippen molar-refractivity contribution in [2.75, 3.05) is 6.61 Å². The smallest absolute Gasteiger partial charge is 0.433 e. The average Bonchev–Trinajstić information content (AvgIpc) is 2.26. The van der Waals surface area contributed by atoms with Crippen molar-refractivity contribution in [3.05, 3.63) is 23.8 Å². The van der Waals surface area contributed by atoms with Crippen LogP contribution < -0.4 is 0 Å². The number of carbonyl (C=O) groups is 1. The summed E-state index contributed by atoms with van der Waals surface area (Å²) in [6.07, 6.45) is -3.83. The third kappa shape index (κ3) is 4.10. The molecule has 0 saturated heterocycles. The first kappa shape index (κ1) is 13.0. The molecular weight excluding hydrogens is 237 g/mol. The van der Waals surface area contributed by atoms with E-state index in [2.05, 4.69) is 20.6 Å². The maximum Gasteiger partial charge on any atom is 0.433 e. The van der Waals surface area contributed by atoms with Crippen LogP contribution in [0.4, 0.5) is 13.2 Å². The number of esters is 1. The number of aromatic nitrogens is 2. The van der Waals surface area contributed by atoms with Gasteiger partial charge in [0.15, 0.2) is 0 Å². The van der Waals surface area contributed by atoms with Gasteiger partial charge in [-0.1, -0.05) is 0 Å². The number of nitrogens with zero attached hydrogens (tertiary/aromatic N) is 2. The summed E-state index contributed by atoms with van der Waals surface area (Å²) in [5.41, 5.74) is -1.30. The fourth-order valence-corrected chi connectivity index (χ4v) is 0.863. The molecule has 4 nitrogen and oxygen atoms in total. The number of hydrogen-bond donors (Lipinski definition) is 0. The Balaban J connectivity index is 2.90. The van der Waals surface area contributed by atoms with Crippen LogP contribution in [0, 0.1) is 11.8 Å². The van der Waals surface area contributed by atoms with Crippen LogP contribution in [-0.2, 0) is 15.7 Å². The molecule has 90 valence electrons. The molecule has 0 aliphatic rings. The molecule has 1 heterocycles. The first-order valence-corrected chi connectivity index (χ1v) is 4.51. The van der Waals surface area contributed by atoms with Crippen molar-refractivity contribution >= 4 is 5.97 Å². The number of rotatable bonds is 1. The second-order valence-electron chi connectivity index (χ2n) is 2.76. The van der Waals surface area contributed by atoms with E-state index in [-0.39, 0.29) is 12.3 Å². The Morgan fingerprint density at radius 2 is 2.18 bits per heavy atom. The summed E-state index contributed by atoms with van der Waals surface area (Å²) < 4.78 is 41.3. The Morgan fingerprint density at radius 3 is 2.76 bits per heavy atom. The molecule has 0 radical (unpaired) electrons. The van der Waals surface area contributed by atoms with E-state index in [1.54, 1.807) is 6.92 Å². The van der Waals surface area contributed by atoms with Crippen molar-refractivity contribution in [2.24, 2.45) is 0 Å². The zero-order valence-corrected chi connectivity index (χ0v) is 8.71. The normalized spacial score (nSPS) is 10.4. The standard InChI is InChI=1S/C10H7F3N2O2/c1-2-17-9(16)4-3-7-5-8(10(11,12)13)15-6-14-7/h5-6H,2H2,1H3. The highest BCUT2D eigenvalue weighted by atomic mass is 19.4. The highest BCUT2D eigenvalue weighted by Gasteiger charge is 2.32. The lowest BCUT2D eigenvalue weighted by atomic mass is 10.3. The summed E-state index contributed by atoms with van der Waals surface area (Å²) in [5, 5.41) is 0. The third-order valence-corrected chi connectivity index (χ3v) is 1.53. The lowest BCUT2D eigenvalue weighted by Gasteiger charge is -2.03. The van der Waals surface area contributed by atoms with Gasteiger partial charge in [-0.2, -0.15) is 13.2 Å². The molecule has 0 bridgehead atoms. The second kappa shape index (κ2) is 5.30. The van der Waals surface area contributed by atoms with Gasteiger partial charge >= 0.3 is 12.1 Å². The molecular formula is C10H7F3N2O2. The molecule has 1 aromatic heterocycles. The van der Waals surface area contributed by atoms with Crippen LogP contribution in [0.5, 0.6) is 0 Å². The van der Waals surface area contributed by atoms with Gasteiger partial charge in [-0.05, 0) is 12.8 Å². The van der Waals surface area contributed by atoms with Crippen molar-refractivity contribution < 1.29 is 22.7 Å². The number of ether oxygens (including phenoxy) is 1. The second-order valence-corrected chi connectivity index (χ2v) is 2.76. The molecule has 0 saturated carbocycles. The molecule has 0 spiro atoms. The lowest BCUT2D eigenvalue weighted by Crippen LogP contribution is -2.08. The largest absolute Gasteiger partial charge is 0.456 e. The van der Waals surface area contributed by atoms with Gasteiger partial charge in [0.05, 0.1) is 6.61 Å². The van der Waals surface area contributed by atoms with E-state index in [1.807, 2.05) is 5.92 Å². The van der Waals surface area contributed by atoms with Gasteiger partial charge in [0.25, 0.3) is 0 Å². The summed E-state index contributed by atoms with van der Waals surface area (Å²) in [4.78, 5) is 17.4. The fourth-order valence-electron chi connectivity index (χ4n) is 0.863. The van der Waals surface area contributed by atoms with E-state index in [0.717, 1.165) is 6.33 Å². The Hall–Kier alpha value is -2.10. The van der Waals surface area contributed by atoms with E-state index in [4.69, 9.17) is 0 Å². The lowest BCUT2D eigenvalue weighted by molar-refractivity contribution is -0.141. The Kier molecular flexibility index (Phi) is 4.04. The summed E-state index contributed by atoms with van der Waals surface area (Å²) in [5.74, 6) is 3.36. The molecule has 7 heteroatoms. The van der Waals surface area contributed by atoms with Crippen molar-refractivity contribution in [1.29, 1.82) is 0 Å². The predicted molar refractivity (Wildman–Crippen MR) is 50.5 cm³/mol. The SMILES string of the molecule is CCOC(=O)C#Cc1cc(C(F)(F)F)ncn1. The van der Waals surface area contributed by atoms with E-state index >= 15 is 0 Å². The summed E-state index contributed by atoms with van der Waals surface area (Å²) in [6, 6.07) is 0.659. The van der Waals surface area contributed by atoms with Gasteiger partial charge in [-0.15, -0.1) is 0 Å². The van der Waals surface area contributed by atoms with Crippen molar-refractivity contribution in [3.8, 4) is 11.8 Å². The molecule has 0 aromatic carbocycles. The minimum Gasteiger partial charge on any atom is -0.456 e. The number of hydrogen-bond acceptors (Lipinski definition) is 4. The molecule has 0 fully saturated rings. The minimum absolute atomic E-state index is 0.144. The van der Waals surface area contributed by atoms with Gasteiger partial charge in [-0.3, -0.25) is 0 Å². The third-order valence-electron chi connectivity index (χ3n) is 1.53. The number of alkyl halides is 3. The van der Waals surface area contributed by atoms with Crippen LogP contribution in [-0.4, -0.2) is 22.5 Å². The van der Waals surface area contributed by atoms with Crippen molar-refractivity contribution in [2.45, 2.75) is 13.1 Å². The van der Waals surface area contributed by atoms with E-state index < -0.39 is 17.8 Å². The molecule has 0 N–H and O–H groups in total. The van der Waals surface area contributed by atoms with Gasteiger partial charge in [0.2, 0.25) is 0 Å². The minimum atomic E-state index is -4.57. The van der Waals surface area contributed by atoms with E-state index in [1.165, 1.54) is 0 Å². The van der Waals surface area contributed by atoms with Crippen LogP contribution >= 0.6 is 0 Å². The summed E-state index contributed by atoms with van der Waals surface area (Å²) >= 11 is 0. The quantitative estimate of drug-likeness (QED) is 0.553. The molecule has 17 heavy (non-hydrogen) atoms. The van der Waals surface area contributed by atoms with Gasteiger partial charge in [0.1, 0.15) is 17.7 Å². The average molecular weight is 244 g/mol.